The van der Waals surface area contributed by atoms with Crippen LogP contribution in [0.1, 0.15) is 22.2 Å². The average molecular weight is 475 g/mol. The number of β-lactam (4-membered cyclic amide) rings is 1. The number of hydrogen-bond donors (Lipinski definition) is 0. The fourth-order valence-electron chi connectivity index (χ4n) is 3.84. The quantitative estimate of drug-likeness (QED) is 0.230. The van der Waals surface area contributed by atoms with Crippen molar-refractivity contribution in [2.75, 3.05) is 5.75 Å². The summed E-state index contributed by atoms with van der Waals surface area (Å²) in [7, 11) is 0. The lowest BCUT2D eigenvalue weighted by Gasteiger charge is -2.45. The van der Waals surface area contributed by atoms with Crippen LogP contribution in [0, 0.1) is 0 Å². The fraction of sp³-hybridized carbons (Fsp3) is 0.120. The van der Waals surface area contributed by atoms with Gasteiger partial charge >= 0.3 is 5.97 Å². The van der Waals surface area contributed by atoms with Gasteiger partial charge in [0.2, 0.25) is 0 Å². The SMILES string of the molecule is O=CC1=C(C(=O)OC(c2ccccc2)c2ccccc2)N2C(=O)/C(=C/c3nccs3)[C@H]2SC1. The molecule has 1 atom stereocenters. The average Bonchev–Trinajstić information content (AvgIpc) is 3.39. The summed E-state index contributed by atoms with van der Waals surface area (Å²) in [6.07, 6.45) is 3.38. The second kappa shape index (κ2) is 9.17. The Hall–Kier alpha value is -3.49. The Morgan fingerprint density at radius 2 is 1.76 bits per heavy atom. The molecule has 1 aromatic heterocycles. The van der Waals surface area contributed by atoms with Gasteiger partial charge in [0.1, 0.15) is 22.4 Å². The topological polar surface area (TPSA) is 76.6 Å². The van der Waals surface area contributed by atoms with Crippen LogP contribution in [0.3, 0.4) is 0 Å². The van der Waals surface area contributed by atoms with E-state index >= 15 is 0 Å². The second-order valence-corrected chi connectivity index (χ2v) is 9.40. The molecule has 2 aromatic carbocycles. The number of esters is 1. The maximum absolute atomic E-state index is 13.4. The number of aromatic nitrogens is 1. The number of ether oxygens (including phenoxy) is 1. The lowest BCUT2D eigenvalue weighted by molar-refractivity contribution is -0.149. The van der Waals surface area contributed by atoms with Crippen LogP contribution in [-0.2, 0) is 19.1 Å². The molecule has 2 aliphatic heterocycles. The molecular formula is C25H18N2O4S2. The predicted molar refractivity (Wildman–Crippen MR) is 127 cm³/mol. The molecule has 0 aliphatic carbocycles. The maximum atomic E-state index is 13.4. The Labute approximate surface area is 198 Å². The molecule has 2 aliphatic rings. The Morgan fingerprint density at radius 3 is 2.33 bits per heavy atom. The van der Waals surface area contributed by atoms with Gasteiger partial charge in [0, 0.05) is 22.9 Å². The van der Waals surface area contributed by atoms with Crippen LogP contribution in [0.25, 0.3) is 6.08 Å². The number of rotatable bonds is 6. The van der Waals surface area contributed by atoms with Crippen molar-refractivity contribution >= 4 is 47.3 Å². The lowest BCUT2D eigenvalue weighted by Crippen LogP contribution is -2.56. The van der Waals surface area contributed by atoms with Crippen LogP contribution in [0.2, 0.25) is 0 Å². The molecule has 0 bridgehead atoms. The van der Waals surface area contributed by atoms with Gasteiger partial charge in [-0.25, -0.2) is 9.78 Å². The van der Waals surface area contributed by atoms with Gasteiger partial charge in [-0.05, 0) is 17.2 Å². The first-order valence-electron chi connectivity index (χ1n) is 10.2. The first kappa shape index (κ1) is 21.4. The van der Waals surface area contributed by atoms with Crippen molar-refractivity contribution in [3.05, 3.63) is 105 Å². The highest BCUT2D eigenvalue weighted by atomic mass is 32.2. The molecule has 1 saturated heterocycles. The predicted octanol–water partition coefficient (Wildman–Crippen LogP) is 4.23. The minimum atomic E-state index is -0.693. The van der Waals surface area contributed by atoms with Gasteiger partial charge in [0.05, 0.1) is 5.57 Å². The van der Waals surface area contributed by atoms with Gasteiger partial charge in [0.25, 0.3) is 5.91 Å². The van der Waals surface area contributed by atoms with Crippen molar-refractivity contribution < 1.29 is 19.1 Å². The first-order valence-corrected chi connectivity index (χ1v) is 12.2. The third-order valence-corrected chi connectivity index (χ3v) is 7.38. The monoisotopic (exact) mass is 474 g/mol. The number of carbonyl (C=O) groups excluding carboxylic acids is 3. The lowest BCUT2D eigenvalue weighted by atomic mass is 10.0. The minimum Gasteiger partial charge on any atom is -0.448 e. The van der Waals surface area contributed by atoms with Crippen LogP contribution in [0.4, 0.5) is 0 Å². The number of thiazole rings is 1. The first-order chi connectivity index (χ1) is 16.2. The smallest absolute Gasteiger partial charge is 0.356 e. The summed E-state index contributed by atoms with van der Waals surface area (Å²) in [6, 6.07) is 18.8. The number of fused-ring (bicyclic) bond motifs is 1. The zero-order valence-corrected chi connectivity index (χ0v) is 18.9. The van der Waals surface area contributed by atoms with E-state index in [-0.39, 0.29) is 22.6 Å². The van der Waals surface area contributed by atoms with E-state index in [0.29, 0.717) is 17.6 Å². The van der Waals surface area contributed by atoms with Gasteiger partial charge in [0.15, 0.2) is 6.10 Å². The van der Waals surface area contributed by atoms with Gasteiger partial charge in [-0.3, -0.25) is 14.5 Å². The van der Waals surface area contributed by atoms with E-state index in [2.05, 4.69) is 4.98 Å². The van der Waals surface area contributed by atoms with Crippen LogP contribution >= 0.6 is 23.1 Å². The minimum absolute atomic E-state index is 0.0203. The Morgan fingerprint density at radius 1 is 1.09 bits per heavy atom. The summed E-state index contributed by atoms with van der Waals surface area (Å²) in [6.45, 7) is 0. The van der Waals surface area contributed by atoms with E-state index in [0.717, 1.165) is 16.1 Å². The molecule has 6 nitrogen and oxygen atoms in total. The zero-order valence-electron chi connectivity index (χ0n) is 17.3. The van der Waals surface area contributed by atoms with E-state index in [1.165, 1.54) is 28.0 Å². The molecule has 8 heteroatoms. The third kappa shape index (κ3) is 4.03. The Bertz CT molecular complexity index is 1210. The normalized spacial score (nSPS) is 18.8. The zero-order chi connectivity index (χ0) is 22.8. The number of carbonyl (C=O) groups is 3. The van der Waals surface area contributed by atoms with Gasteiger partial charge in [-0.15, -0.1) is 23.1 Å². The van der Waals surface area contributed by atoms with Gasteiger partial charge < -0.3 is 4.74 Å². The fourth-order valence-corrected chi connectivity index (χ4v) is 5.66. The van der Waals surface area contributed by atoms with Crippen LogP contribution in [-0.4, -0.2) is 39.2 Å². The summed E-state index contributed by atoms with van der Waals surface area (Å²) < 4.78 is 5.95. The second-order valence-electron chi connectivity index (χ2n) is 7.41. The summed E-state index contributed by atoms with van der Waals surface area (Å²) in [5.74, 6) is -0.690. The van der Waals surface area contributed by atoms with Crippen LogP contribution < -0.4 is 0 Å². The molecule has 0 N–H and O–H groups in total. The number of thioether (sulfide) groups is 1. The summed E-state index contributed by atoms with van der Waals surface area (Å²) >= 11 is 2.86. The van der Waals surface area contributed by atoms with Gasteiger partial charge in [-0.1, -0.05) is 60.7 Å². The third-order valence-electron chi connectivity index (χ3n) is 5.40. The molecule has 0 spiro atoms. The molecule has 1 fully saturated rings. The summed E-state index contributed by atoms with van der Waals surface area (Å²) in [4.78, 5) is 43.8. The molecule has 5 rings (SSSR count). The number of benzene rings is 2. The summed E-state index contributed by atoms with van der Waals surface area (Å²) in [5.41, 5.74) is 2.43. The van der Waals surface area contributed by atoms with Crippen molar-refractivity contribution in [1.82, 2.24) is 9.88 Å². The largest absolute Gasteiger partial charge is 0.448 e. The molecule has 1 amide bonds. The molecular weight excluding hydrogens is 456 g/mol. The molecule has 33 heavy (non-hydrogen) atoms. The summed E-state index contributed by atoms with van der Waals surface area (Å²) in [5, 5.41) is 2.21. The maximum Gasteiger partial charge on any atom is 0.356 e. The highest BCUT2D eigenvalue weighted by Gasteiger charge is 2.50. The molecule has 3 heterocycles. The van der Waals surface area contributed by atoms with E-state index < -0.39 is 12.1 Å². The number of hydrogen-bond acceptors (Lipinski definition) is 7. The van der Waals surface area contributed by atoms with Crippen LogP contribution in [0.5, 0.6) is 0 Å². The number of aldehydes is 1. The van der Waals surface area contributed by atoms with E-state index in [1.807, 2.05) is 66.0 Å². The van der Waals surface area contributed by atoms with Crippen molar-refractivity contribution in [3.63, 3.8) is 0 Å². The van der Waals surface area contributed by atoms with Gasteiger partial charge in [-0.2, -0.15) is 0 Å². The van der Waals surface area contributed by atoms with Crippen molar-refractivity contribution in [3.8, 4) is 0 Å². The van der Waals surface area contributed by atoms with Crippen molar-refractivity contribution in [2.24, 2.45) is 0 Å². The van der Waals surface area contributed by atoms with E-state index in [9.17, 15) is 14.4 Å². The van der Waals surface area contributed by atoms with Crippen LogP contribution in [0.15, 0.2) is 89.1 Å². The highest BCUT2D eigenvalue weighted by molar-refractivity contribution is 8.00. The molecule has 0 saturated carbocycles. The highest BCUT2D eigenvalue weighted by Crippen LogP contribution is 2.44. The Kier molecular flexibility index (Phi) is 5.93. The molecule has 0 radical (unpaired) electrons. The van der Waals surface area contributed by atoms with Crippen molar-refractivity contribution in [1.29, 1.82) is 0 Å². The van der Waals surface area contributed by atoms with E-state index in [1.54, 1.807) is 12.3 Å². The molecule has 0 unspecified atom stereocenters. The number of amides is 1. The van der Waals surface area contributed by atoms with E-state index in [4.69, 9.17) is 4.74 Å². The van der Waals surface area contributed by atoms with Crippen molar-refractivity contribution in [2.45, 2.75) is 11.5 Å². The Balaban J connectivity index is 1.47. The number of nitrogens with zero attached hydrogens (tertiary/aromatic N) is 2. The molecule has 164 valence electrons. The molecule has 3 aromatic rings. The standard InChI is InChI=1S/C25H18N2O4S2/c28-14-18-15-33-24-19(13-20-26-11-12-32-20)23(29)27(24)21(18)25(30)31-22(16-7-3-1-4-8-16)17-9-5-2-6-10-17/h1-14,22,24H,15H2/b19-13-/t24-/m1/s1.